The SMILES string of the molecule is FC(F)(F)c1ccn(C2CCC3(CNc4ncc(Br)c(Cl)c43)C2)n1. The molecule has 1 aliphatic carbocycles. The van der Waals surface area contributed by atoms with Gasteiger partial charge in [-0.05, 0) is 41.3 Å². The van der Waals surface area contributed by atoms with Gasteiger partial charge < -0.3 is 5.32 Å². The van der Waals surface area contributed by atoms with Crippen molar-refractivity contribution < 1.29 is 13.2 Å². The average molecular weight is 422 g/mol. The van der Waals surface area contributed by atoms with Crippen molar-refractivity contribution in [1.82, 2.24) is 14.8 Å². The first kappa shape index (κ1) is 16.2. The van der Waals surface area contributed by atoms with Crippen LogP contribution in [0.4, 0.5) is 19.0 Å². The highest BCUT2D eigenvalue weighted by atomic mass is 79.9. The number of hydrogen-bond donors (Lipinski definition) is 1. The number of aromatic nitrogens is 3. The summed E-state index contributed by atoms with van der Waals surface area (Å²) in [6.45, 7) is 0.690. The van der Waals surface area contributed by atoms with Crippen LogP contribution in [0.25, 0.3) is 0 Å². The van der Waals surface area contributed by atoms with E-state index in [2.05, 4.69) is 31.3 Å². The Bertz CT molecular complexity index is 807. The Kier molecular flexibility index (Phi) is 3.62. The molecule has 3 heterocycles. The van der Waals surface area contributed by atoms with Gasteiger partial charge in [0, 0.05) is 29.9 Å². The minimum Gasteiger partial charge on any atom is -0.369 e. The zero-order valence-electron chi connectivity index (χ0n) is 12.4. The average Bonchev–Trinajstić information content (AvgIpc) is 3.22. The summed E-state index contributed by atoms with van der Waals surface area (Å²) in [7, 11) is 0. The van der Waals surface area contributed by atoms with E-state index in [-0.39, 0.29) is 11.5 Å². The van der Waals surface area contributed by atoms with Crippen molar-refractivity contribution in [3.8, 4) is 0 Å². The van der Waals surface area contributed by atoms with Gasteiger partial charge in [0.05, 0.1) is 15.5 Å². The smallest absolute Gasteiger partial charge is 0.369 e. The van der Waals surface area contributed by atoms with E-state index in [9.17, 15) is 13.2 Å². The molecule has 2 aliphatic rings. The molecule has 4 nitrogen and oxygen atoms in total. The highest BCUT2D eigenvalue weighted by Gasteiger charge is 2.48. The molecule has 0 saturated heterocycles. The molecule has 2 aromatic heterocycles. The molecule has 1 aliphatic heterocycles. The van der Waals surface area contributed by atoms with E-state index in [1.807, 2.05) is 0 Å². The zero-order chi connectivity index (χ0) is 17.1. The fraction of sp³-hybridized carbons (Fsp3) is 0.467. The summed E-state index contributed by atoms with van der Waals surface area (Å²) in [6, 6.07) is 0.945. The van der Waals surface area contributed by atoms with E-state index in [0.717, 1.165) is 34.8 Å². The summed E-state index contributed by atoms with van der Waals surface area (Å²) in [5.74, 6) is 0.764. The van der Waals surface area contributed by atoms with Gasteiger partial charge in [0.25, 0.3) is 0 Å². The molecule has 2 atom stereocenters. The molecule has 0 radical (unpaired) electrons. The zero-order valence-corrected chi connectivity index (χ0v) is 14.7. The summed E-state index contributed by atoms with van der Waals surface area (Å²) in [5, 5.41) is 7.63. The lowest BCUT2D eigenvalue weighted by Crippen LogP contribution is -2.26. The lowest BCUT2D eigenvalue weighted by atomic mass is 9.81. The van der Waals surface area contributed by atoms with Crippen LogP contribution in [0.5, 0.6) is 0 Å². The summed E-state index contributed by atoms with van der Waals surface area (Å²) >= 11 is 9.87. The van der Waals surface area contributed by atoms with Gasteiger partial charge in [-0.15, -0.1) is 0 Å². The summed E-state index contributed by atoms with van der Waals surface area (Å²) in [6.07, 6.45) is 0.921. The molecular formula is C15H13BrClF3N4. The Morgan fingerprint density at radius 3 is 2.92 bits per heavy atom. The molecule has 2 aromatic rings. The Morgan fingerprint density at radius 1 is 1.42 bits per heavy atom. The van der Waals surface area contributed by atoms with Crippen molar-refractivity contribution in [1.29, 1.82) is 0 Å². The van der Waals surface area contributed by atoms with Crippen molar-refractivity contribution in [2.75, 3.05) is 11.9 Å². The van der Waals surface area contributed by atoms with Gasteiger partial charge in [-0.2, -0.15) is 18.3 Å². The second-order valence-electron chi connectivity index (χ2n) is 6.35. The Balaban J connectivity index is 1.65. The number of anilines is 1. The number of pyridine rings is 1. The van der Waals surface area contributed by atoms with Crippen LogP contribution in [0, 0.1) is 0 Å². The van der Waals surface area contributed by atoms with Gasteiger partial charge in [0.2, 0.25) is 0 Å². The fourth-order valence-electron chi connectivity index (χ4n) is 3.83. The molecule has 2 unspecified atom stereocenters. The van der Waals surface area contributed by atoms with Crippen LogP contribution >= 0.6 is 27.5 Å². The minimum absolute atomic E-state index is 0.0797. The van der Waals surface area contributed by atoms with Crippen LogP contribution in [0.3, 0.4) is 0 Å². The van der Waals surface area contributed by atoms with Gasteiger partial charge >= 0.3 is 6.18 Å². The lowest BCUT2D eigenvalue weighted by Gasteiger charge is -2.24. The number of fused-ring (bicyclic) bond motifs is 2. The van der Waals surface area contributed by atoms with Crippen molar-refractivity contribution in [2.45, 2.75) is 36.9 Å². The number of nitrogens with one attached hydrogen (secondary N) is 1. The maximum atomic E-state index is 12.8. The number of halogens is 5. The maximum Gasteiger partial charge on any atom is 0.435 e. The van der Waals surface area contributed by atoms with Crippen LogP contribution in [-0.2, 0) is 11.6 Å². The van der Waals surface area contributed by atoms with Crippen molar-refractivity contribution >= 4 is 33.3 Å². The monoisotopic (exact) mass is 420 g/mol. The number of hydrogen-bond acceptors (Lipinski definition) is 3. The quantitative estimate of drug-likeness (QED) is 0.719. The lowest BCUT2D eigenvalue weighted by molar-refractivity contribution is -0.141. The van der Waals surface area contributed by atoms with Crippen molar-refractivity contribution in [3.63, 3.8) is 0 Å². The maximum absolute atomic E-state index is 12.8. The Morgan fingerprint density at radius 2 is 2.21 bits per heavy atom. The highest BCUT2D eigenvalue weighted by molar-refractivity contribution is 9.10. The van der Waals surface area contributed by atoms with Crippen LogP contribution in [0.1, 0.15) is 36.6 Å². The second-order valence-corrected chi connectivity index (χ2v) is 7.59. The van der Waals surface area contributed by atoms with Gasteiger partial charge in [0.15, 0.2) is 5.69 Å². The van der Waals surface area contributed by atoms with Crippen LogP contribution in [-0.4, -0.2) is 21.3 Å². The highest BCUT2D eigenvalue weighted by Crippen LogP contribution is 2.54. The van der Waals surface area contributed by atoms with E-state index in [4.69, 9.17) is 11.6 Å². The van der Waals surface area contributed by atoms with Gasteiger partial charge in [-0.3, -0.25) is 4.68 Å². The molecule has 4 rings (SSSR count). The van der Waals surface area contributed by atoms with E-state index in [1.54, 1.807) is 6.20 Å². The molecular weight excluding hydrogens is 409 g/mol. The minimum atomic E-state index is -4.42. The molecule has 0 aromatic carbocycles. The molecule has 0 amide bonds. The third-order valence-electron chi connectivity index (χ3n) is 4.95. The predicted molar refractivity (Wildman–Crippen MR) is 87.2 cm³/mol. The molecule has 1 N–H and O–H groups in total. The molecule has 0 bridgehead atoms. The van der Waals surface area contributed by atoms with Crippen molar-refractivity contribution in [3.05, 3.63) is 39.2 Å². The normalized spacial score (nSPS) is 26.0. The molecule has 9 heteroatoms. The Hall–Kier alpha value is -1.28. The molecule has 1 fully saturated rings. The van der Waals surface area contributed by atoms with E-state index in [0.29, 0.717) is 18.0 Å². The standard InChI is InChI=1S/C15H13BrClF3N4/c16-9-6-21-13-11(12(9)17)14(7-22-13)3-1-8(5-14)24-4-2-10(23-24)15(18,19)20/h2,4,6,8H,1,3,5,7H2,(H,21,22). The first-order chi connectivity index (χ1) is 11.3. The third kappa shape index (κ3) is 2.42. The second kappa shape index (κ2) is 5.36. The fourth-order valence-corrected chi connectivity index (χ4v) is 4.47. The van der Waals surface area contributed by atoms with Crippen molar-refractivity contribution in [2.24, 2.45) is 0 Å². The van der Waals surface area contributed by atoms with E-state index in [1.165, 1.54) is 10.9 Å². The van der Waals surface area contributed by atoms with Gasteiger partial charge in [-0.25, -0.2) is 4.98 Å². The molecule has 1 saturated carbocycles. The molecule has 1 spiro atoms. The summed E-state index contributed by atoms with van der Waals surface area (Å²) in [4.78, 5) is 4.36. The largest absolute Gasteiger partial charge is 0.435 e. The van der Waals surface area contributed by atoms with E-state index < -0.39 is 11.9 Å². The molecule has 128 valence electrons. The number of alkyl halides is 3. The van der Waals surface area contributed by atoms with E-state index >= 15 is 0 Å². The topological polar surface area (TPSA) is 42.7 Å². The first-order valence-electron chi connectivity index (χ1n) is 7.51. The number of rotatable bonds is 1. The third-order valence-corrected chi connectivity index (χ3v) is 6.18. The molecule has 24 heavy (non-hydrogen) atoms. The number of nitrogens with zero attached hydrogens (tertiary/aromatic N) is 3. The van der Waals surface area contributed by atoms with Crippen LogP contribution in [0.2, 0.25) is 5.02 Å². The van der Waals surface area contributed by atoms with Crippen LogP contribution in [0.15, 0.2) is 22.9 Å². The first-order valence-corrected chi connectivity index (χ1v) is 8.68. The predicted octanol–water partition coefficient (Wildman–Crippen LogP) is 4.80. The summed E-state index contributed by atoms with van der Waals surface area (Å²) in [5.41, 5.74) is -0.0989. The van der Waals surface area contributed by atoms with Gasteiger partial charge in [0.1, 0.15) is 5.82 Å². The van der Waals surface area contributed by atoms with Gasteiger partial charge in [-0.1, -0.05) is 11.6 Å². The van der Waals surface area contributed by atoms with Crippen LogP contribution < -0.4 is 5.32 Å². The summed E-state index contributed by atoms with van der Waals surface area (Å²) < 4.78 is 40.4. The Labute approximate surface area is 149 Å².